The van der Waals surface area contributed by atoms with Crippen LogP contribution in [-0.4, -0.2) is 41.5 Å². The van der Waals surface area contributed by atoms with E-state index in [1.165, 1.54) is 17.0 Å². The molecule has 1 saturated heterocycles. The van der Waals surface area contributed by atoms with Gasteiger partial charge >= 0.3 is 0 Å². The molecule has 1 aliphatic rings. The van der Waals surface area contributed by atoms with E-state index in [-0.39, 0.29) is 24.1 Å². The van der Waals surface area contributed by atoms with Gasteiger partial charge in [0.1, 0.15) is 17.6 Å². The van der Waals surface area contributed by atoms with E-state index in [9.17, 15) is 14.0 Å². The van der Waals surface area contributed by atoms with Gasteiger partial charge in [-0.1, -0.05) is 30.3 Å². The van der Waals surface area contributed by atoms with Crippen LogP contribution in [0.4, 0.5) is 15.8 Å². The van der Waals surface area contributed by atoms with E-state index in [1.807, 2.05) is 30.3 Å². The van der Waals surface area contributed by atoms with Crippen molar-refractivity contribution in [2.75, 3.05) is 23.9 Å². The first-order chi connectivity index (χ1) is 16.5. The number of nitrogens with one attached hydrogen (secondary N) is 1. The highest BCUT2D eigenvalue weighted by Gasteiger charge is 2.43. The van der Waals surface area contributed by atoms with Crippen LogP contribution in [0.25, 0.3) is 0 Å². The quantitative estimate of drug-likeness (QED) is 0.402. The number of nitrogens with zero attached hydrogens (tertiary/aromatic N) is 2. The van der Waals surface area contributed by atoms with Crippen molar-refractivity contribution in [3.05, 3.63) is 90.2 Å². The van der Waals surface area contributed by atoms with Gasteiger partial charge in [0.05, 0.1) is 19.2 Å². The fraction of sp³-hybridized carbons (Fsp3) is 0.192. The molecule has 0 aromatic heterocycles. The van der Waals surface area contributed by atoms with Gasteiger partial charge < -0.3 is 15.0 Å². The zero-order valence-corrected chi connectivity index (χ0v) is 19.4. The summed E-state index contributed by atoms with van der Waals surface area (Å²) in [6, 6.07) is 21.6. The smallest absolute Gasteiger partial charge is 0.257 e. The molecule has 3 aromatic rings. The predicted octanol–water partition coefficient (Wildman–Crippen LogP) is 4.41. The number of carbonyl (C=O) groups is 2. The number of imide groups is 1. The van der Waals surface area contributed by atoms with Crippen molar-refractivity contribution in [3.63, 3.8) is 0 Å². The van der Waals surface area contributed by atoms with Gasteiger partial charge in [0.15, 0.2) is 5.11 Å². The summed E-state index contributed by atoms with van der Waals surface area (Å²) in [6.45, 7) is 0.408. The van der Waals surface area contributed by atoms with Crippen molar-refractivity contribution in [3.8, 4) is 5.75 Å². The molecule has 0 unspecified atom stereocenters. The summed E-state index contributed by atoms with van der Waals surface area (Å²) >= 11 is 5.65. The molecule has 0 bridgehead atoms. The van der Waals surface area contributed by atoms with Gasteiger partial charge in [-0.25, -0.2) is 9.29 Å². The number of para-hydroxylation sites is 1. The Morgan fingerprint density at radius 1 is 1.06 bits per heavy atom. The molecule has 0 spiro atoms. The van der Waals surface area contributed by atoms with E-state index in [0.29, 0.717) is 29.5 Å². The Kier molecular flexibility index (Phi) is 7.18. The van der Waals surface area contributed by atoms with Gasteiger partial charge in [-0.3, -0.25) is 9.59 Å². The lowest BCUT2D eigenvalue weighted by Crippen LogP contribution is -2.48. The third-order valence-corrected chi connectivity index (χ3v) is 6.01. The van der Waals surface area contributed by atoms with Crippen LogP contribution >= 0.6 is 12.2 Å². The Morgan fingerprint density at radius 2 is 1.74 bits per heavy atom. The van der Waals surface area contributed by atoms with Crippen LogP contribution in [-0.2, 0) is 16.0 Å². The standard InChI is InChI=1S/C26H24FN3O3S/c1-33-22-13-7-18(8-14-22)15-16-29(26(34)28-20-11-9-19(27)10-12-20)23-17-24(31)30(25(23)32)21-5-3-2-4-6-21/h2-14,23H,15-17H2,1H3,(H,28,34)/t23-/m1/s1. The molecule has 1 atom stereocenters. The Bertz CT molecular complexity index is 1170. The zero-order valence-electron chi connectivity index (χ0n) is 18.6. The Balaban J connectivity index is 1.56. The Labute approximate surface area is 202 Å². The van der Waals surface area contributed by atoms with E-state index in [2.05, 4.69) is 5.32 Å². The van der Waals surface area contributed by atoms with Crippen molar-refractivity contribution in [1.82, 2.24) is 4.90 Å². The highest BCUT2D eigenvalue weighted by Crippen LogP contribution is 2.26. The summed E-state index contributed by atoms with van der Waals surface area (Å²) < 4.78 is 18.5. The fourth-order valence-electron chi connectivity index (χ4n) is 3.88. The zero-order chi connectivity index (χ0) is 24.1. The molecule has 34 heavy (non-hydrogen) atoms. The summed E-state index contributed by atoms with van der Waals surface area (Å²) in [5.41, 5.74) is 2.16. The first kappa shape index (κ1) is 23.4. The van der Waals surface area contributed by atoms with E-state index in [4.69, 9.17) is 17.0 Å². The first-order valence-corrected chi connectivity index (χ1v) is 11.2. The lowest BCUT2D eigenvalue weighted by Gasteiger charge is -2.30. The monoisotopic (exact) mass is 477 g/mol. The van der Waals surface area contributed by atoms with Gasteiger partial charge in [0.2, 0.25) is 5.91 Å². The third-order valence-electron chi connectivity index (χ3n) is 5.67. The molecular formula is C26H24FN3O3S. The average molecular weight is 478 g/mol. The highest BCUT2D eigenvalue weighted by molar-refractivity contribution is 7.80. The number of anilines is 2. The predicted molar refractivity (Wildman–Crippen MR) is 133 cm³/mol. The van der Waals surface area contributed by atoms with Gasteiger partial charge in [-0.15, -0.1) is 0 Å². The Hall–Kier alpha value is -3.78. The van der Waals surface area contributed by atoms with Crippen LogP contribution in [0.1, 0.15) is 12.0 Å². The van der Waals surface area contributed by atoms with Crippen LogP contribution < -0.4 is 15.0 Å². The molecule has 0 aliphatic carbocycles. The minimum absolute atomic E-state index is 0.0155. The molecule has 1 N–H and O–H groups in total. The summed E-state index contributed by atoms with van der Waals surface area (Å²) in [6.07, 6.45) is 0.611. The van der Waals surface area contributed by atoms with Crippen molar-refractivity contribution in [2.45, 2.75) is 18.9 Å². The van der Waals surface area contributed by atoms with E-state index in [0.717, 1.165) is 11.3 Å². The van der Waals surface area contributed by atoms with Crippen LogP contribution in [0.15, 0.2) is 78.9 Å². The number of thiocarbonyl (C=S) groups is 1. The molecule has 1 aliphatic heterocycles. The lowest BCUT2D eigenvalue weighted by molar-refractivity contribution is -0.122. The van der Waals surface area contributed by atoms with Gasteiger partial charge in [-0.2, -0.15) is 0 Å². The normalized spacial score (nSPS) is 15.4. The number of amides is 2. The maximum absolute atomic E-state index is 13.4. The second-order valence-electron chi connectivity index (χ2n) is 7.85. The number of methoxy groups -OCH3 is 1. The fourth-order valence-corrected chi connectivity index (χ4v) is 4.21. The van der Waals surface area contributed by atoms with E-state index >= 15 is 0 Å². The maximum atomic E-state index is 13.4. The van der Waals surface area contributed by atoms with Crippen LogP contribution in [0.2, 0.25) is 0 Å². The topological polar surface area (TPSA) is 61.9 Å². The molecule has 2 amide bonds. The van der Waals surface area contributed by atoms with Crippen LogP contribution in [0, 0.1) is 5.82 Å². The minimum atomic E-state index is -0.744. The lowest BCUT2D eigenvalue weighted by atomic mass is 10.1. The second-order valence-corrected chi connectivity index (χ2v) is 8.24. The average Bonchev–Trinajstić information content (AvgIpc) is 3.15. The summed E-state index contributed by atoms with van der Waals surface area (Å²) in [4.78, 5) is 29.1. The number of carbonyl (C=O) groups excluding carboxylic acids is 2. The summed E-state index contributed by atoms with van der Waals surface area (Å²) in [7, 11) is 1.61. The second kappa shape index (κ2) is 10.4. The van der Waals surface area contributed by atoms with Gasteiger partial charge in [0.25, 0.3) is 5.91 Å². The third kappa shape index (κ3) is 5.23. The highest BCUT2D eigenvalue weighted by atomic mass is 32.1. The summed E-state index contributed by atoms with van der Waals surface area (Å²) in [5, 5.41) is 3.37. The number of ether oxygens (including phenoxy) is 1. The Morgan fingerprint density at radius 3 is 2.38 bits per heavy atom. The molecule has 1 heterocycles. The molecule has 8 heteroatoms. The number of hydrogen-bond acceptors (Lipinski definition) is 4. The number of halogens is 1. The first-order valence-electron chi connectivity index (χ1n) is 10.8. The van der Waals surface area contributed by atoms with Crippen molar-refractivity contribution < 1.29 is 18.7 Å². The molecule has 6 nitrogen and oxygen atoms in total. The molecule has 4 rings (SSSR count). The molecule has 1 fully saturated rings. The molecular weight excluding hydrogens is 453 g/mol. The van der Waals surface area contributed by atoms with Crippen molar-refractivity contribution >= 4 is 40.5 Å². The van der Waals surface area contributed by atoms with Gasteiger partial charge in [0, 0.05) is 12.2 Å². The number of hydrogen-bond donors (Lipinski definition) is 1. The molecule has 174 valence electrons. The van der Waals surface area contributed by atoms with Crippen LogP contribution in [0.3, 0.4) is 0 Å². The van der Waals surface area contributed by atoms with Gasteiger partial charge in [-0.05, 0) is 72.7 Å². The molecule has 0 saturated carbocycles. The van der Waals surface area contributed by atoms with E-state index < -0.39 is 6.04 Å². The maximum Gasteiger partial charge on any atom is 0.257 e. The summed E-state index contributed by atoms with van der Waals surface area (Å²) in [5.74, 6) is -0.207. The number of benzene rings is 3. The SMILES string of the molecule is COc1ccc(CCN(C(=S)Nc2ccc(F)cc2)[C@@H]2CC(=O)N(c3ccccc3)C2=O)cc1. The van der Waals surface area contributed by atoms with Crippen LogP contribution in [0.5, 0.6) is 5.75 Å². The largest absolute Gasteiger partial charge is 0.497 e. The van der Waals surface area contributed by atoms with Crippen molar-refractivity contribution in [1.29, 1.82) is 0 Å². The van der Waals surface area contributed by atoms with Crippen molar-refractivity contribution in [2.24, 2.45) is 0 Å². The number of rotatable bonds is 7. The van der Waals surface area contributed by atoms with E-state index in [1.54, 1.807) is 48.4 Å². The molecule has 3 aromatic carbocycles. The molecule has 0 radical (unpaired) electrons. The minimum Gasteiger partial charge on any atom is -0.497 e.